The van der Waals surface area contributed by atoms with Gasteiger partial charge in [0.05, 0.1) is 5.56 Å². The number of carbonyl (C=O) groups excluding carboxylic acids is 2. The second kappa shape index (κ2) is 3.92. The molecule has 0 spiro atoms. The molecule has 100 valence electrons. The van der Waals surface area contributed by atoms with Crippen molar-refractivity contribution in [3.05, 3.63) is 34.9 Å². The fourth-order valence-corrected chi connectivity index (χ4v) is 3.12. The number of hydrogen-bond acceptors (Lipinski definition) is 2. The fraction of sp³-hybridized carbons (Fsp3) is 0.429. The second-order valence-corrected chi connectivity index (χ2v) is 5.16. The zero-order chi connectivity index (χ0) is 13.8. The van der Waals surface area contributed by atoms with Crippen LogP contribution in [0, 0.1) is 5.92 Å². The van der Waals surface area contributed by atoms with Crippen LogP contribution in [0.4, 0.5) is 13.2 Å². The first-order chi connectivity index (χ1) is 8.88. The van der Waals surface area contributed by atoms with E-state index < -0.39 is 17.7 Å². The third kappa shape index (κ3) is 1.88. The molecule has 3 rings (SSSR count). The molecule has 19 heavy (non-hydrogen) atoms. The van der Waals surface area contributed by atoms with E-state index in [2.05, 4.69) is 0 Å². The normalized spacial score (nSPS) is 26.3. The Bertz CT molecular complexity index is 575. The number of carbonyl (C=O) groups is 2. The minimum absolute atomic E-state index is 0.0263. The van der Waals surface area contributed by atoms with E-state index in [0.717, 1.165) is 12.1 Å². The summed E-state index contributed by atoms with van der Waals surface area (Å²) in [4.78, 5) is 23.5. The number of halogens is 3. The van der Waals surface area contributed by atoms with Crippen LogP contribution >= 0.6 is 0 Å². The lowest BCUT2D eigenvalue weighted by molar-refractivity contribution is -0.137. The van der Waals surface area contributed by atoms with Crippen LogP contribution in [0.2, 0.25) is 0 Å². The van der Waals surface area contributed by atoms with Crippen molar-refractivity contribution in [1.82, 2.24) is 0 Å². The molecule has 2 unspecified atom stereocenters. The highest BCUT2D eigenvalue weighted by molar-refractivity contribution is 6.05. The molecular weight excluding hydrogens is 257 g/mol. The van der Waals surface area contributed by atoms with E-state index in [1.807, 2.05) is 0 Å². The van der Waals surface area contributed by atoms with Crippen LogP contribution in [0.15, 0.2) is 18.2 Å². The molecular formula is C14H11F3O2. The second-order valence-electron chi connectivity index (χ2n) is 5.16. The molecule has 0 heterocycles. The Morgan fingerprint density at radius 2 is 1.84 bits per heavy atom. The molecule has 2 aliphatic carbocycles. The van der Waals surface area contributed by atoms with E-state index >= 15 is 0 Å². The van der Waals surface area contributed by atoms with Gasteiger partial charge in [0.15, 0.2) is 5.78 Å². The van der Waals surface area contributed by atoms with Crippen molar-refractivity contribution in [2.45, 2.75) is 31.4 Å². The van der Waals surface area contributed by atoms with Gasteiger partial charge in [-0.3, -0.25) is 9.59 Å². The van der Waals surface area contributed by atoms with Crippen LogP contribution in [-0.2, 0) is 11.0 Å². The summed E-state index contributed by atoms with van der Waals surface area (Å²) in [5, 5.41) is 0. The lowest BCUT2D eigenvalue weighted by Gasteiger charge is -2.23. The highest BCUT2D eigenvalue weighted by Crippen LogP contribution is 2.46. The van der Waals surface area contributed by atoms with Gasteiger partial charge in [-0.25, -0.2) is 0 Å². The monoisotopic (exact) mass is 268 g/mol. The molecule has 1 saturated carbocycles. The molecule has 1 aromatic rings. The summed E-state index contributed by atoms with van der Waals surface area (Å²) < 4.78 is 38.1. The van der Waals surface area contributed by atoms with Gasteiger partial charge < -0.3 is 0 Å². The SMILES string of the molecule is O=C1CCC2c3cc(C(F)(F)F)ccc3C(=O)C2C1. The maximum atomic E-state index is 12.7. The average Bonchev–Trinajstić information content (AvgIpc) is 2.61. The maximum Gasteiger partial charge on any atom is 0.416 e. The Kier molecular flexibility index (Phi) is 2.56. The van der Waals surface area contributed by atoms with Crippen LogP contribution in [0.25, 0.3) is 0 Å². The molecule has 0 bridgehead atoms. The van der Waals surface area contributed by atoms with Gasteiger partial charge in [-0.05, 0) is 30.0 Å². The minimum atomic E-state index is -4.40. The van der Waals surface area contributed by atoms with E-state index in [1.54, 1.807) is 0 Å². The number of Topliss-reactive ketones (excluding diaryl/α,β-unsaturated/α-hetero) is 2. The van der Waals surface area contributed by atoms with Crippen molar-refractivity contribution in [1.29, 1.82) is 0 Å². The zero-order valence-corrected chi connectivity index (χ0v) is 9.96. The smallest absolute Gasteiger partial charge is 0.300 e. The molecule has 2 atom stereocenters. The van der Waals surface area contributed by atoms with Gasteiger partial charge in [0.25, 0.3) is 0 Å². The largest absolute Gasteiger partial charge is 0.416 e. The molecule has 0 saturated heterocycles. The molecule has 0 amide bonds. The first kappa shape index (κ1) is 12.4. The summed E-state index contributed by atoms with van der Waals surface area (Å²) in [7, 11) is 0. The molecule has 0 aromatic heterocycles. The first-order valence-electron chi connectivity index (χ1n) is 6.15. The Morgan fingerprint density at radius 1 is 1.11 bits per heavy atom. The average molecular weight is 268 g/mol. The van der Waals surface area contributed by atoms with Gasteiger partial charge in [0, 0.05) is 24.3 Å². The van der Waals surface area contributed by atoms with E-state index in [0.29, 0.717) is 24.0 Å². The Morgan fingerprint density at radius 3 is 2.53 bits per heavy atom. The molecule has 1 aromatic carbocycles. The third-order valence-corrected chi connectivity index (χ3v) is 4.05. The molecule has 0 N–H and O–H groups in total. The molecule has 1 fully saturated rings. The van der Waals surface area contributed by atoms with E-state index in [9.17, 15) is 22.8 Å². The van der Waals surface area contributed by atoms with Gasteiger partial charge in [-0.1, -0.05) is 6.07 Å². The highest BCUT2D eigenvalue weighted by atomic mass is 19.4. The molecule has 0 aliphatic heterocycles. The lowest BCUT2D eigenvalue weighted by atomic mass is 9.79. The fourth-order valence-electron chi connectivity index (χ4n) is 3.12. The van der Waals surface area contributed by atoms with E-state index in [-0.39, 0.29) is 23.9 Å². The van der Waals surface area contributed by atoms with Gasteiger partial charge >= 0.3 is 6.18 Å². The van der Waals surface area contributed by atoms with Crippen LogP contribution in [0.3, 0.4) is 0 Å². The first-order valence-corrected chi connectivity index (χ1v) is 6.15. The van der Waals surface area contributed by atoms with Gasteiger partial charge in [-0.15, -0.1) is 0 Å². The maximum absolute atomic E-state index is 12.7. The van der Waals surface area contributed by atoms with Crippen LogP contribution in [0.1, 0.15) is 46.7 Å². The quantitative estimate of drug-likeness (QED) is 0.723. The summed E-state index contributed by atoms with van der Waals surface area (Å²) in [5.41, 5.74) is 0.103. The summed E-state index contributed by atoms with van der Waals surface area (Å²) in [6, 6.07) is 3.27. The van der Waals surface area contributed by atoms with E-state index in [1.165, 1.54) is 6.07 Å². The van der Waals surface area contributed by atoms with Gasteiger partial charge in [0.1, 0.15) is 5.78 Å². The number of fused-ring (bicyclic) bond motifs is 3. The number of ketones is 2. The van der Waals surface area contributed by atoms with Gasteiger partial charge in [-0.2, -0.15) is 13.2 Å². The Balaban J connectivity index is 2.06. The lowest BCUT2D eigenvalue weighted by Crippen LogP contribution is -2.23. The molecule has 2 nitrogen and oxygen atoms in total. The number of rotatable bonds is 0. The minimum Gasteiger partial charge on any atom is -0.300 e. The number of benzene rings is 1. The molecule has 0 radical (unpaired) electrons. The standard InChI is InChI=1S/C14H11F3O2/c15-14(16,17)7-1-3-10-11(5-7)9-4-2-8(18)6-12(9)13(10)19/h1,3,5,9,12H,2,4,6H2. The van der Waals surface area contributed by atoms with Crippen LogP contribution in [-0.4, -0.2) is 11.6 Å². The van der Waals surface area contributed by atoms with Crippen LogP contribution < -0.4 is 0 Å². The summed E-state index contributed by atoms with van der Waals surface area (Å²) in [5.74, 6) is -0.817. The number of hydrogen-bond donors (Lipinski definition) is 0. The Hall–Kier alpha value is -1.65. The van der Waals surface area contributed by atoms with Crippen molar-refractivity contribution in [3.63, 3.8) is 0 Å². The van der Waals surface area contributed by atoms with Crippen molar-refractivity contribution < 1.29 is 22.8 Å². The Labute approximate surface area is 107 Å². The summed E-state index contributed by atoms with van der Waals surface area (Å²) in [6.45, 7) is 0. The third-order valence-electron chi connectivity index (χ3n) is 4.05. The van der Waals surface area contributed by atoms with Gasteiger partial charge in [0.2, 0.25) is 0 Å². The van der Waals surface area contributed by atoms with Crippen LogP contribution in [0.5, 0.6) is 0 Å². The summed E-state index contributed by atoms with van der Waals surface area (Å²) in [6.07, 6.45) is -3.41. The molecule has 5 heteroatoms. The summed E-state index contributed by atoms with van der Waals surface area (Å²) >= 11 is 0. The highest BCUT2D eigenvalue weighted by Gasteiger charge is 2.44. The van der Waals surface area contributed by atoms with Crippen molar-refractivity contribution in [2.75, 3.05) is 0 Å². The van der Waals surface area contributed by atoms with Crippen molar-refractivity contribution in [3.8, 4) is 0 Å². The van der Waals surface area contributed by atoms with E-state index in [4.69, 9.17) is 0 Å². The number of alkyl halides is 3. The van der Waals surface area contributed by atoms with Crippen molar-refractivity contribution in [2.24, 2.45) is 5.92 Å². The predicted octanol–water partition coefficient (Wildman–Crippen LogP) is 3.35. The topological polar surface area (TPSA) is 34.1 Å². The molecule has 2 aliphatic rings. The van der Waals surface area contributed by atoms with Crippen molar-refractivity contribution >= 4 is 11.6 Å². The zero-order valence-electron chi connectivity index (χ0n) is 9.96. The predicted molar refractivity (Wildman–Crippen MR) is 60.9 cm³/mol.